The maximum atomic E-state index is 9.30. The minimum absolute atomic E-state index is 0.261. The van der Waals surface area contributed by atoms with Crippen LogP contribution in [0, 0.1) is 5.92 Å². The summed E-state index contributed by atoms with van der Waals surface area (Å²) in [5.74, 6) is 1.48. The predicted octanol–water partition coefficient (Wildman–Crippen LogP) is 2.62. The van der Waals surface area contributed by atoms with E-state index in [1.807, 2.05) is 0 Å². The van der Waals surface area contributed by atoms with E-state index in [1.165, 1.54) is 44.2 Å². The molecule has 1 aliphatic heterocycles. The maximum absolute atomic E-state index is 9.30. The molecule has 0 aromatic heterocycles. The number of aliphatic hydroxyl groups excluding tert-OH is 1. The summed E-state index contributed by atoms with van der Waals surface area (Å²) in [4.78, 5) is 2.42. The molecule has 2 atom stereocenters. The van der Waals surface area contributed by atoms with Crippen LogP contribution in [0.1, 0.15) is 43.6 Å². The Morgan fingerprint density at radius 2 is 1.86 bits per heavy atom. The average molecular weight is 302 g/mol. The molecule has 122 valence electrons. The number of nitrogens with one attached hydrogen (secondary N) is 1. The minimum Gasteiger partial charge on any atom is -0.395 e. The second kappa shape index (κ2) is 8.09. The number of benzene rings is 1. The topological polar surface area (TPSA) is 35.5 Å². The molecule has 0 radical (unpaired) electrons. The van der Waals surface area contributed by atoms with Crippen molar-refractivity contribution in [1.29, 1.82) is 0 Å². The van der Waals surface area contributed by atoms with Crippen molar-refractivity contribution >= 4 is 0 Å². The van der Waals surface area contributed by atoms with E-state index in [0.717, 1.165) is 25.6 Å². The number of hydrogen-bond donors (Lipinski definition) is 2. The van der Waals surface area contributed by atoms with Gasteiger partial charge in [-0.25, -0.2) is 0 Å². The van der Waals surface area contributed by atoms with E-state index in [-0.39, 0.29) is 6.61 Å². The predicted molar refractivity (Wildman–Crippen MR) is 91.1 cm³/mol. The molecule has 1 heterocycles. The molecule has 0 bridgehead atoms. The normalized spacial score (nSPS) is 27.3. The molecule has 1 saturated carbocycles. The van der Waals surface area contributed by atoms with Gasteiger partial charge in [-0.2, -0.15) is 0 Å². The number of aliphatic hydroxyl groups is 1. The second-order valence-electron chi connectivity index (χ2n) is 7.08. The number of likely N-dealkylation sites (tertiary alicyclic amines) is 1. The Hall–Kier alpha value is -0.900. The van der Waals surface area contributed by atoms with Crippen molar-refractivity contribution in [2.24, 2.45) is 5.92 Å². The van der Waals surface area contributed by atoms with Crippen LogP contribution in [0.25, 0.3) is 0 Å². The molecule has 1 saturated heterocycles. The van der Waals surface area contributed by atoms with E-state index in [9.17, 15) is 5.11 Å². The first kappa shape index (κ1) is 16.0. The zero-order valence-electron chi connectivity index (χ0n) is 13.6. The number of β-amino-alcohol motifs (C(OH)–C–C–N with tert-alkyl or cyclic N) is 1. The van der Waals surface area contributed by atoms with Crippen LogP contribution in [0.4, 0.5) is 0 Å². The second-order valence-corrected chi connectivity index (χ2v) is 7.08. The summed E-state index contributed by atoms with van der Waals surface area (Å²) in [6.07, 6.45) is 6.86. The lowest BCUT2D eigenvalue weighted by atomic mass is 9.88. The Kier molecular flexibility index (Phi) is 5.88. The minimum atomic E-state index is 0.261. The van der Waals surface area contributed by atoms with Gasteiger partial charge in [-0.15, -0.1) is 0 Å². The summed E-state index contributed by atoms with van der Waals surface area (Å²) in [6.45, 7) is 4.39. The molecule has 3 rings (SSSR count). The van der Waals surface area contributed by atoms with Crippen LogP contribution >= 0.6 is 0 Å². The van der Waals surface area contributed by atoms with Crippen molar-refractivity contribution in [1.82, 2.24) is 10.2 Å². The molecule has 0 spiro atoms. The zero-order valence-corrected chi connectivity index (χ0v) is 13.6. The molecule has 3 nitrogen and oxygen atoms in total. The summed E-state index contributed by atoms with van der Waals surface area (Å²) < 4.78 is 0. The van der Waals surface area contributed by atoms with Crippen LogP contribution < -0.4 is 5.32 Å². The number of nitrogens with zero attached hydrogens (tertiary/aromatic N) is 1. The Morgan fingerprint density at radius 1 is 1.09 bits per heavy atom. The third kappa shape index (κ3) is 4.31. The van der Waals surface area contributed by atoms with Crippen molar-refractivity contribution in [2.75, 3.05) is 32.8 Å². The zero-order chi connectivity index (χ0) is 15.2. The van der Waals surface area contributed by atoms with E-state index < -0.39 is 0 Å². The van der Waals surface area contributed by atoms with Gasteiger partial charge in [0.15, 0.2) is 0 Å². The summed E-state index contributed by atoms with van der Waals surface area (Å²) in [5, 5.41) is 13.1. The van der Waals surface area contributed by atoms with Crippen LogP contribution in [-0.2, 0) is 0 Å². The lowest BCUT2D eigenvalue weighted by Gasteiger charge is -2.38. The molecule has 2 aliphatic rings. The van der Waals surface area contributed by atoms with Gasteiger partial charge < -0.3 is 10.4 Å². The standard InChI is InChI=1S/C19H30N2O/c22-11-10-21-14-18(17-8-2-1-3-9-17)12-19(15-21)20-13-16-6-4-5-7-16/h1-3,8-9,16,18-20,22H,4-7,10-15H2. The lowest BCUT2D eigenvalue weighted by molar-refractivity contribution is 0.136. The third-order valence-corrected chi connectivity index (χ3v) is 5.38. The SMILES string of the molecule is OCCN1CC(NCC2CCCC2)CC(c2ccccc2)C1. The Bertz CT molecular complexity index is 430. The summed E-state index contributed by atoms with van der Waals surface area (Å²) in [6, 6.07) is 11.4. The first-order valence-electron chi connectivity index (χ1n) is 8.96. The molecule has 1 aromatic carbocycles. The van der Waals surface area contributed by atoms with Gasteiger partial charge >= 0.3 is 0 Å². The molecule has 1 aliphatic carbocycles. The first-order valence-corrected chi connectivity index (χ1v) is 8.96. The fourth-order valence-electron chi connectivity index (χ4n) is 4.18. The number of piperidine rings is 1. The van der Waals surface area contributed by atoms with Crippen molar-refractivity contribution < 1.29 is 5.11 Å². The van der Waals surface area contributed by atoms with E-state index in [2.05, 4.69) is 40.5 Å². The Morgan fingerprint density at radius 3 is 2.59 bits per heavy atom. The highest BCUT2D eigenvalue weighted by Crippen LogP contribution is 2.28. The lowest BCUT2D eigenvalue weighted by Crippen LogP contribution is -2.50. The molecule has 0 amide bonds. The van der Waals surface area contributed by atoms with E-state index in [0.29, 0.717) is 12.0 Å². The molecule has 2 fully saturated rings. The average Bonchev–Trinajstić information content (AvgIpc) is 3.07. The molecule has 22 heavy (non-hydrogen) atoms. The third-order valence-electron chi connectivity index (χ3n) is 5.38. The van der Waals surface area contributed by atoms with Gasteiger partial charge in [0.2, 0.25) is 0 Å². The Labute approximate surface area is 134 Å². The van der Waals surface area contributed by atoms with Gasteiger partial charge in [0.1, 0.15) is 0 Å². The van der Waals surface area contributed by atoms with Gasteiger partial charge in [0.05, 0.1) is 6.61 Å². The molecular weight excluding hydrogens is 272 g/mol. The molecule has 2 unspecified atom stereocenters. The van der Waals surface area contributed by atoms with Crippen molar-refractivity contribution in [2.45, 2.75) is 44.1 Å². The van der Waals surface area contributed by atoms with Gasteiger partial charge in [-0.3, -0.25) is 4.90 Å². The van der Waals surface area contributed by atoms with Crippen molar-refractivity contribution in [3.8, 4) is 0 Å². The molecule has 2 N–H and O–H groups in total. The summed E-state index contributed by atoms with van der Waals surface area (Å²) in [7, 11) is 0. The fourth-order valence-corrected chi connectivity index (χ4v) is 4.18. The summed E-state index contributed by atoms with van der Waals surface area (Å²) >= 11 is 0. The number of rotatable bonds is 6. The highest BCUT2D eigenvalue weighted by Gasteiger charge is 2.28. The Balaban J connectivity index is 1.59. The van der Waals surface area contributed by atoms with Crippen molar-refractivity contribution in [3.05, 3.63) is 35.9 Å². The van der Waals surface area contributed by atoms with Crippen LogP contribution in [0.15, 0.2) is 30.3 Å². The quantitative estimate of drug-likeness (QED) is 0.848. The van der Waals surface area contributed by atoms with E-state index in [1.54, 1.807) is 0 Å². The maximum Gasteiger partial charge on any atom is 0.0558 e. The van der Waals surface area contributed by atoms with Crippen LogP contribution in [-0.4, -0.2) is 48.8 Å². The van der Waals surface area contributed by atoms with Crippen LogP contribution in [0.2, 0.25) is 0 Å². The smallest absolute Gasteiger partial charge is 0.0558 e. The highest BCUT2D eigenvalue weighted by atomic mass is 16.3. The van der Waals surface area contributed by atoms with Gasteiger partial charge in [-0.1, -0.05) is 43.2 Å². The van der Waals surface area contributed by atoms with Gasteiger partial charge in [-0.05, 0) is 43.2 Å². The van der Waals surface area contributed by atoms with E-state index >= 15 is 0 Å². The molecule has 1 aromatic rings. The van der Waals surface area contributed by atoms with Crippen LogP contribution in [0.5, 0.6) is 0 Å². The van der Waals surface area contributed by atoms with Crippen molar-refractivity contribution in [3.63, 3.8) is 0 Å². The van der Waals surface area contributed by atoms with E-state index in [4.69, 9.17) is 0 Å². The molecular formula is C19H30N2O. The summed E-state index contributed by atoms with van der Waals surface area (Å²) in [5.41, 5.74) is 1.44. The van der Waals surface area contributed by atoms with Gasteiger partial charge in [0, 0.05) is 25.7 Å². The largest absolute Gasteiger partial charge is 0.395 e. The monoisotopic (exact) mass is 302 g/mol. The molecule has 3 heteroatoms. The number of hydrogen-bond acceptors (Lipinski definition) is 3. The first-order chi connectivity index (χ1) is 10.8. The van der Waals surface area contributed by atoms with Crippen LogP contribution in [0.3, 0.4) is 0 Å². The van der Waals surface area contributed by atoms with Gasteiger partial charge in [0.25, 0.3) is 0 Å². The fraction of sp³-hybridized carbons (Fsp3) is 0.684. The highest BCUT2D eigenvalue weighted by molar-refractivity contribution is 5.21.